The monoisotopic (exact) mass is 252 g/mol. The second-order valence-corrected chi connectivity index (χ2v) is 4.08. The molecule has 0 radical (unpaired) electrons. The summed E-state index contributed by atoms with van der Waals surface area (Å²) in [6.45, 7) is 4.03. The maximum Gasteiger partial charge on any atom is 0.407 e. The summed E-state index contributed by atoms with van der Waals surface area (Å²) in [5, 5.41) is 8.87. The molecule has 98 valence electrons. The maximum atomic E-state index is 10.8. The number of anilines is 1. The molecule has 1 aromatic rings. The fourth-order valence-corrected chi connectivity index (χ4v) is 1.89. The van der Waals surface area contributed by atoms with Gasteiger partial charge in [0.1, 0.15) is 0 Å². The second kappa shape index (κ2) is 5.07. The van der Waals surface area contributed by atoms with Crippen LogP contribution in [0.5, 0.6) is 5.75 Å². The lowest BCUT2D eigenvalue weighted by Gasteiger charge is -2.33. The minimum atomic E-state index is -0.874. The summed E-state index contributed by atoms with van der Waals surface area (Å²) in [6, 6.07) is 0. The number of piperazine rings is 1. The van der Waals surface area contributed by atoms with Crippen molar-refractivity contribution in [3.63, 3.8) is 0 Å². The van der Waals surface area contributed by atoms with Crippen molar-refractivity contribution in [1.82, 2.24) is 14.9 Å². The number of carbonyl (C=O) groups is 1. The molecule has 1 aliphatic heterocycles. The van der Waals surface area contributed by atoms with Crippen LogP contribution in [0.15, 0.2) is 6.20 Å². The van der Waals surface area contributed by atoms with E-state index in [-0.39, 0.29) is 0 Å². The Hall–Kier alpha value is -2.05. The highest BCUT2D eigenvalue weighted by molar-refractivity contribution is 5.65. The van der Waals surface area contributed by atoms with Gasteiger partial charge < -0.3 is 19.6 Å². The molecular formula is C11H16N4O3. The Labute approximate surface area is 105 Å². The molecule has 18 heavy (non-hydrogen) atoms. The number of ether oxygens (including phenoxy) is 1. The van der Waals surface area contributed by atoms with E-state index >= 15 is 0 Å². The van der Waals surface area contributed by atoms with Gasteiger partial charge in [0.25, 0.3) is 0 Å². The van der Waals surface area contributed by atoms with Crippen LogP contribution < -0.4 is 9.64 Å². The van der Waals surface area contributed by atoms with Gasteiger partial charge in [-0.25, -0.2) is 14.8 Å². The lowest BCUT2D eigenvalue weighted by molar-refractivity contribution is 0.142. The van der Waals surface area contributed by atoms with Crippen LogP contribution >= 0.6 is 0 Å². The lowest BCUT2D eigenvalue weighted by atomic mass is 10.3. The van der Waals surface area contributed by atoms with Crippen molar-refractivity contribution < 1.29 is 14.6 Å². The van der Waals surface area contributed by atoms with Crippen molar-refractivity contribution in [1.29, 1.82) is 0 Å². The van der Waals surface area contributed by atoms with E-state index in [1.54, 1.807) is 13.3 Å². The zero-order valence-corrected chi connectivity index (χ0v) is 10.5. The van der Waals surface area contributed by atoms with Gasteiger partial charge in [-0.15, -0.1) is 0 Å². The molecule has 2 heterocycles. The van der Waals surface area contributed by atoms with Crippen LogP contribution in [0.25, 0.3) is 0 Å². The van der Waals surface area contributed by atoms with Gasteiger partial charge in [0, 0.05) is 26.2 Å². The number of hydrogen-bond acceptors (Lipinski definition) is 5. The quantitative estimate of drug-likeness (QED) is 0.830. The Morgan fingerprint density at radius 2 is 2.06 bits per heavy atom. The Bertz CT molecular complexity index is 444. The summed E-state index contributed by atoms with van der Waals surface area (Å²) in [4.78, 5) is 22.8. The third-order valence-electron chi connectivity index (χ3n) is 2.97. The molecule has 7 nitrogen and oxygen atoms in total. The molecular weight excluding hydrogens is 236 g/mol. The number of aryl methyl sites for hydroxylation is 1. The fourth-order valence-electron chi connectivity index (χ4n) is 1.89. The molecule has 0 aromatic carbocycles. The van der Waals surface area contributed by atoms with Gasteiger partial charge in [0.2, 0.25) is 5.95 Å². The summed E-state index contributed by atoms with van der Waals surface area (Å²) in [6.07, 6.45) is 0.766. The molecule has 7 heteroatoms. The van der Waals surface area contributed by atoms with E-state index in [4.69, 9.17) is 9.84 Å². The Balaban J connectivity index is 2.05. The third-order valence-corrected chi connectivity index (χ3v) is 2.97. The average molecular weight is 252 g/mol. The van der Waals surface area contributed by atoms with Gasteiger partial charge in [0.05, 0.1) is 19.0 Å². The van der Waals surface area contributed by atoms with Crippen LogP contribution in [-0.2, 0) is 0 Å². The van der Waals surface area contributed by atoms with E-state index in [1.807, 2.05) is 11.8 Å². The van der Waals surface area contributed by atoms with Crippen molar-refractivity contribution >= 4 is 12.0 Å². The van der Waals surface area contributed by atoms with Crippen LogP contribution in [0.4, 0.5) is 10.7 Å². The van der Waals surface area contributed by atoms with Crippen molar-refractivity contribution in [3.8, 4) is 5.75 Å². The number of carboxylic acid groups (broad SMARTS) is 1. The van der Waals surface area contributed by atoms with Crippen LogP contribution in [-0.4, -0.2) is 59.4 Å². The fraction of sp³-hybridized carbons (Fsp3) is 0.545. The maximum absolute atomic E-state index is 10.8. The number of aromatic nitrogens is 2. The summed E-state index contributed by atoms with van der Waals surface area (Å²) < 4.78 is 5.11. The highest BCUT2D eigenvalue weighted by Crippen LogP contribution is 2.18. The van der Waals surface area contributed by atoms with E-state index in [1.165, 1.54) is 4.90 Å². The minimum Gasteiger partial charge on any atom is -0.493 e. The highest BCUT2D eigenvalue weighted by Gasteiger charge is 2.22. The molecule has 1 amide bonds. The molecule has 1 aromatic heterocycles. The molecule has 1 aliphatic rings. The van der Waals surface area contributed by atoms with Gasteiger partial charge in [-0.05, 0) is 6.92 Å². The first-order valence-electron chi connectivity index (χ1n) is 5.72. The van der Waals surface area contributed by atoms with Crippen molar-refractivity contribution in [2.24, 2.45) is 0 Å². The Kier molecular flexibility index (Phi) is 3.50. The molecule has 1 saturated heterocycles. The lowest BCUT2D eigenvalue weighted by Crippen LogP contribution is -2.48. The smallest absolute Gasteiger partial charge is 0.407 e. The molecule has 0 spiro atoms. The van der Waals surface area contributed by atoms with E-state index in [0.29, 0.717) is 37.9 Å². The largest absolute Gasteiger partial charge is 0.493 e. The van der Waals surface area contributed by atoms with Gasteiger partial charge in [0.15, 0.2) is 5.75 Å². The van der Waals surface area contributed by atoms with Crippen LogP contribution in [0.2, 0.25) is 0 Å². The Morgan fingerprint density at radius 1 is 1.39 bits per heavy atom. The Morgan fingerprint density at radius 3 is 2.56 bits per heavy atom. The molecule has 2 rings (SSSR count). The number of rotatable bonds is 2. The van der Waals surface area contributed by atoms with Crippen molar-refractivity contribution in [2.45, 2.75) is 6.92 Å². The van der Waals surface area contributed by atoms with Crippen LogP contribution in [0, 0.1) is 6.92 Å². The minimum absolute atomic E-state index is 0.476. The predicted octanol–water partition coefficient (Wildman–Crippen LogP) is 0.594. The van der Waals surface area contributed by atoms with Crippen LogP contribution in [0.1, 0.15) is 5.69 Å². The third kappa shape index (κ3) is 2.44. The summed E-state index contributed by atoms with van der Waals surface area (Å²) in [7, 11) is 1.58. The van der Waals surface area contributed by atoms with E-state index < -0.39 is 6.09 Å². The predicted molar refractivity (Wildman–Crippen MR) is 65.1 cm³/mol. The molecule has 0 atom stereocenters. The summed E-state index contributed by atoms with van der Waals surface area (Å²) >= 11 is 0. The molecule has 1 fully saturated rings. The number of methoxy groups -OCH3 is 1. The number of hydrogen-bond donors (Lipinski definition) is 1. The zero-order valence-electron chi connectivity index (χ0n) is 10.5. The standard InChI is InChI=1S/C11H16N4O3/c1-8-9(18-2)7-12-10(13-8)14-3-5-15(6-4-14)11(16)17/h7H,3-6H2,1-2H3,(H,16,17). The average Bonchev–Trinajstić information content (AvgIpc) is 2.38. The molecule has 0 aliphatic carbocycles. The summed E-state index contributed by atoms with van der Waals surface area (Å²) in [5.74, 6) is 1.28. The molecule has 0 unspecified atom stereocenters. The van der Waals surface area contributed by atoms with Gasteiger partial charge >= 0.3 is 6.09 Å². The topological polar surface area (TPSA) is 78.8 Å². The SMILES string of the molecule is COc1cnc(N2CCN(C(=O)O)CC2)nc1C. The molecule has 1 N–H and O–H groups in total. The van der Waals surface area contributed by atoms with Crippen molar-refractivity contribution in [2.75, 3.05) is 38.2 Å². The summed E-state index contributed by atoms with van der Waals surface area (Å²) in [5.41, 5.74) is 0.781. The highest BCUT2D eigenvalue weighted by atomic mass is 16.5. The van der Waals surface area contributed by atoms with Crippen molar-refractivity contribution in [3.05, 3.63) is 11.9 Å². The van der Waals surface area contributed by atoms with Gasteiger partial charge in [-0.2, -0.15) is 0 Å². The van der Waals surface area contributed by atoms with Gasteiger partial charge in [-0.3, -0.25) is 0 Å². The second-order valence-electron chi connectivity index (χ2n) is 4.08. The first-order chi connectivity index (χ1) is 8.61. The van der Waals surface area contributed by atoms with E-state index in [0.717, 1.165) is 5.69 Å². The van der Waals surface area contributed by atoms with Gasteiger partial charge in [-0.1, -0.05) is 0 Å². The first kappa shape index (κ1) is 12.4. The normalized spacial score (nSPS) is 15.7. The van der Waals surface area contributed by atoms with Crippen LogP contribution in [0.3, 0.4) is 0 Å². The molecule has 0 bridgehead atoms. The first-order valence-corrected chi connectivity index (χ1v) is 5.72. The molecule has 0 saturated carbocycles. The van der Waals surface area contributed by atoms with E-state index in [2.05, 4.69) is 9.97 Å². The number of nitrogens with zero attached hydrogens (tertiary/aromatic N) is 4. The zero-order chi connectivity index (χ0) is 13.1. The van der Waals surface area contributed by atoms with E-state index in [9.17, 15) is 4.79 Å². The number of amides is 1.